The van der Waals surface area contributed by atoms with Crippen molar-refractivity contribution in [3.63, 3.8) is 0 Å². The van der Waals surface area contributed by atoms with Crippen molar-refractivity contribution < 1.29 is 19.4 Å². The van der Waals surface area contributed by atoms with Crippen LogP contribution in [0.2, 0.25) is 0 Å². The number of nitrogens with one attached hydrogen (secondary N) is 1. The number of hydrogen-bond acceptors (Lipinski definition) is 4. The molecule has 3 aliphatic rings. The lowest BCUT2D eigenvalue weighted by atomic mass is 9.82. The Morgan fingerprint density at radius 2 is 1.80 bits per heavy atom. The number of rotatable bonds is 3. The second-order valence-electron chi connectivity index (χ2n) is 5.93. The van der Waals surface area contributed by atoms with Crippen molar-refractivity contribution in [1.29, 1.82) is 0 Å². The molecule has 3 rings (SSSR count). The molecule has 2 N–H and O–H groups in total. The number of carboxylic acid groups (broad SMARTS) is 1. The number of carbonyl (C=O) groups excluding carboxylic acids is 1. The largest absolute Gasteiger partial charge is 0.481 e. The standard InChI is InChI=1S/C14H20N2O4/c1-16-6-4-8(5-7-16)15-13(17)11-9-2-3-10(20-9)12(11)14(18)19/h2-3,8-12H,4-7H2,1H3,(H,15,17)(H,18,19)/t9-,10+,11+,12-/m0/s1. The van der Waals surface area contributed by atoms with E-state index in [4.69, 9.17) is 4.74 Å². The van der Waals surface area contributed by atoms with E-state index in [1.165, 1.54) is 0 Å². The lowest BCUT2D eigenvalue weighted by Crippen LogP contribution is -2.49. The van der Waals surface area contributed by atoms with Gasteiger partial charge in [0.15, 0.2) is 0 Å². The van der Waals surface area contributed by atoms with E-state index in [-0.39, 0.29) is 18.1 Å². The Morgan fingerprint density at radius 3 is 2.40 bits per heavy atom. The molecule has 0 aromatic carbocycles. The molecule has 20 heavy (non-hydrogen) atoms. The average molecular weight is 280 g/mol. The molecule has 0 spiro atoms. The van der Waals surface area contributed by atoms with E-state index in [1.54, 1.807) is 6.08 Å². The van der Waals surface area contributed by atoms with Crippen LogP contribution in [0.3, 0.4) is 0 Å². The number of ether oxygens (including phenoxy) is 1. The van der Waals surface area contributed by atoms with Gasteiger partial charge in [-0.25, -0.2) is 0 Å². The number of carboxylic acids is 1. The van der Waals surface area contributed by atoms with Crippen LogP contribution in [0.25, 0.3) is 0 Å². The van der Waals surface area contributed by atoms with Crippen LogP contribution in [-0.4, -0.2) is 60.3 Å². The lowest BCUT2D eigenvalue weighted by molar-refractivity contribution is -0.146. The number of carbonyl (C=O) groups is 2. The Balaban J connectivity index is 1.64. The van der Waals surface area contributed by atoms with Gasteiger partial charge >= 0.3 is 5.97 Å². The van der Waals surface area contributed by atoms with Gasteiger partial charge < -0.3 is 20.1 Å². The number of amides is 1. The van der Waals surface area contributed by atoms with Crippen molar-refractivity contribution in [1.82, 2.24) is 10.2 Å². The van der Waals surface area contributed by atoms with Gasteiger partial charge in [-0.1, -0.05) is 12.2 Å². The van der Waals surface area contributed by atoms with E-state index in [1.807, 2.05) is 6.08 Å². The Kier molecular flexibility index (Phi) is 3.52. The highest BCUT2D eigenvalue weighted by Gasteiger charge is 2.53. The summed E-state index contributed by atoms with van der Waals surface area (Å²) in [4.78, 5) is 26.0. The maximum Gasteiger partial charge on any atom is 0.310 e. The van der Waals surface area contributed by atoms with Gasteiger partial charge in [0.25, 0.3) is 0 Å². The number of likely N-dealkylation sites (tertiary alicyclic amines) is 1. The van der Waals surface area contributed by atoms with Gasteiger partial charge in [-0.3, -0.25) is 9.59 Å². The molecule has 110 valence electrons. The summed E-state index contributed by atoms with van der Waals surface area (Å²) in [6, 6.07) is 0.149. The number of aliphatic carboxylic acids is 1. The third kappa shape index (κ3) is 2.33. The molecule has 1 amide bonds. The van der Waals surface area contributed by atoms with Crippen LogP contribution < -0.4 is 5.32 Å². The van der Waals surface area contributed by atoms with Crippen LogP contribution in [-0.2, 0) is 14.3 Å². The van der Waals surface area contributed by atoms with Crippen LogP contribution in [0, 0.1) is 11.8 Å². The van der Waals surface area contributed by atoms with Gasteiger partial charge in [0.1, 0.15) is 5.92 Å². The van der Waals surface area contributed by atoms with Gasteiger partial charge in [0.05, 0.1) is 18.1 Å². The minimum Gasteiger partial charge on any atom is -0.481 e. The van der Waals surface area contributed by atoms with E-state index >= 15 is 0 Å². The summed E-state index contributed by atoms with van der Waals surface area (Å²) in [5, 5.41) is 12.3. The van der Waals surface area contributed by atoms with E-state index in [0.29, 0.717) is 0 Å². The fourth-order valence-electron chi connectivity index (χ4n) is 3.37. The molecular formula is C14H20N2O4. The highest BCUT2D eigenvalue weighted by Crippen LogP contribution is 2.39. The molecule has 0 aromatic heterocycles. The highest BCUT2D eigenvalue weighted by molar-refractivity contribution is 5.87. The second kappa shape index (κ2) is 5.18. The van der Waals surface area contributed by atoms with E-state index in [2.05, 4.69) is 17.3 Å². The molecule has 2 bridgehead atoms. The molecule has 0 aromatic rings. The van der Waals surface area contributed by atoms with Gasteiger partial charge in [0.2, 0.25) is 5.91 Å². The smallest absolute Gasteiger partial charge is 0.310 e. The summed E-state index contributed by atoms with van der Waals surface area (Å²) in [7, 11) is 2.06. The van der Waals surface area contributed by atoms with E-state index in [9.17, 15) is 14.7 Å². The molecule has 0 aliphatic carbocycles. The minimum atomic E-state index is -0.953. The summed E-state index contributed by atoms with van der Waals surface area (Å²) < 4.78 is 5.53. The number of nitrogens with zero attached hydrogens (tertiary/aromatic N) is 1. The summed E-state index contributed by atoms with van der Waals surface area (Å²) in [5.41, 5.74) is 0. The summed E-state index contributed by atoms with van der Waals surface area (Å²) in [5.74, 6) is -2.48. The first-order chi connectivity index (χ1) is 9.56. The molecule has 6 nitrogen and oxygen atoms in total. The first kappa shape index (κ1) is 13.6. The number of hydrogen-bond donors (Lipinski definition) is 2. The summed E-state index contributed by atoms with van der Waals surface area (Å²) >= 11 is 0. The Morgan fingerprint density at radius 1 is 1.20 bits per heavy atom. The summed E-state index contributed by atoms with van der Waals surface area (Å²) in [6.07, 6.45) is 4.55. The fourth-order valence-corrected chi connectivity index (χ4v) is 3.37. The SMILES string of the molecule is CN1CCC(NC(=O)[C@H]2[C@@H](C(=O)O)[C@H]3C=C[C@@H]2O3)CC1. The van der Waals surface area contributed by atoms with Crippen molar-refractivity contribution in [2.75, 3.05) is 20.1 Å². The van der Waals surface area contributed by atoms with Crippen LogP contribution in [0.15, 0.2) is 12.2 Å². The Hall–Kier alpha value is -1.40. The monoisotopic (exact) mass is 280 g/mol. The van der Waals surface area contributed by atoms with Gasteiger partial charge in [-0.05, 0) is 33.0 Å². The topological polar surface area (TPSA) is 78.9 Å². The third-order valence-corrected chi connectivity index (χ3v) is 4.55. The molecular weight excluding hydrogens is 260 g/mol. The molecule has 0 radical (unpaired) electrons. The van der Waals surface area contributed by atoms with Crippen molar-refractivity contribution >= 4 is 11.9 Å². The first-order valence-corrected chi connectivity index (χ1v) is 7.12. The zero-order valence-corrected chi connectivity index (χ0v) is 11.5. The maximum absolute atomic E-state index is 12.4. The predicted molar refractivity (Wildman–Crippen MR) is 71.1 cm³/mol. The van der Waals surface area contributed by atoms with Crippen molar-refractivity contribution in [2.45, 2.75) is 31.1 Å². The van der Waals surface area contributed by atoms with Gasteiger partial charge in [-0.2, -0.15) is 0 Å². The normalized spacial score (nSPS) is 37.2. The molecule has 6 heteroatoms. The zero-order valence-electron chi connectivity index (χ0n) is 11.5. The molecule has 0 saturated carbocycles. The van der Waals surface area contributed by atoms with Gasteiger partial charge in [-0.15, -0.1) is 0 Å². The van der Waals surface area contributed by atoms with E-state index < -0.39 is 23.9 Å². The van der Waals surface area contributed by atoms with E-state index in [0.717, 1.165) is 25.9 Å². The third-order valence-electron chi connectivity index (χ3n) is 4.55. The molecule has 2 saturated heterocycles. The number of fused-ring (bicyclic) bond motifs is 2. The molecule has 3 heterocycles. The molecule has 2 fully saturated rings. The Bertz CT molecular complexity index is 442. The van der Waals surface area contributed by atoms with Crippen LogP contribution in [0.5, 0.6) is 0 Å². The summed E-state index contributed by atoms with van der Waals surface area (Å²) in [6.45, 7) is 1.92. The zero-order chi connectivity index (χ0) is 14.3. The number of piperidine rings is 1. The second-order valence-corrected chi connectivity index (χ2v) is 5.93. The lowest BCUT2D eigenvalue weighted by Gasteiger charge is -2.31. The molecule has 3 aliphatic heterocycles. The fraction of sp³-hybridized carbons (Fsp3) is 0.714. The molecule has 4 atom stereocenters. The quantitative estimate of drug-likeness (QED) is 0.703. The highest BCUT2D eigenvalue weighted by atomic mass is 16.5. The maximum atomic E-state index is 12.4. The Labute approximate surface area is 117 Å². The predicted octanol–water partition coefficient (Wildman–Crippen LogP) is -0.149. The van der Waals surface area contributed by atoms with Gasteiger partial charge in [0, 0.05) is 6.04 Å². The van der Waals surface area contributed by atoms with Crippen LogP contribution in [0.1, 0.15) is 12.8 Å². The van der Waals surface area contributed by atoms with Crippen molar-refractivity contribution in [3.8, 4) is 0 Å². The first-order valence-electron chi connectivity index (χ1n) is 7.12. The van der Waals surface area contributed by atoms with Crippen LogP contribution in [0.4, 0.5) is 0 Å². The average Bonchev–Trinajstić information content (AvgIpc) is 3.01. The minimum absolute atomic E-state index is 0.149. The van der Waals surface area contributed by atoms with Crippen molar-refractivity contribution in [2.24, 2.45) is 11.8 Å². The van der Waals surface area contributed by atoms with Crippen LogP contribution >= 0.6 is 0 Å². The van der Waals surface area contributed by atoms with Crippen molar-refractivity contribution in [3.05, 3.63) is 12.2 Å². The molecule has 0 unspecified atom stereocenters.